The Morgan fingerprint density at radius 3 is 2.59 bits per heavy atom. The normalized spacial score (nSPS) is 18.9. The lowest BCUT2D eigenvalue weighted by Crippen LogP contribution is -2.45. The van der Waals surface area contributed by atoms with Crippen molar-refractivity contribution < 1.29 is 13.6 Å². The van der Waals surface area contributed by atoms with Crippen LogP contribution in [0.4, 0.5) is 8.78 Å². The highest BCUT2D eigenvalue weighted by molar-refractivity contribution is 5.61. The quantitative estimate of drug-likeness (QED) is 0.803. The van der Waals surface area contributed by atoms with Crippen molar-refractivity contribution in [1.29, 1.82) is 0 Å². The van der Waals surface area contributed by atoms with E-state index in [9.17, 15) is 13.6 Å². The topological polar surface area (TPSA) is 32.3 Å². The van der Waals surface area contributed by atoms with Crippen LogP contribution in [0.1, 0.15) is 11.6 Å². The first-order valence-electron chi connectivity index (χ1n) is 5.57. The SMILES string of the molecule is O=CC(c1ccc(F)cc1F)N1CCNCC1. The number of halogens is 2. The Morgan fingerprint density at radius 2 is 2.00 bits per heavy atom. The van der Waals surface area contributed by atoms with Gasteiger partial charge in [-0.25, -0.2) is 8.78 Å². The van der Waals surface area contributed by atoms with Crippen LogP contribution in [0.15, 0.2) is 18.2 Å². The van der Waals surface area contributed by atoms with Gasteiger partial charge in [0, 0.05) is 37.8 Å². The predicted octanol–water partition coefficient (Wildman–Crippen LogP) is 1.11. The van der Waals surface area contributed by atoms with Crippen LogP contribution in [0.2, 0.25) is 0 Å². The number of nitrogens with one attached hydrogen (secondary N) is 1. The smallest absolute Gasteiger partial charge is 0.141 e. The largest absolute Gasteiger partial charge is 0.314 e. The Morgan fingerprint density at radius 1 is 1.29 bits per heavy atom. The van der Waals surface area contributed by atoms with Gasteiger partial charge in [0.2, 0.25) is 0 Å². The van der Waals surface area contributed by atoms with E-state index in [2.05, 4.69) is 5.32 Å². The first-order chi connectivity index (χ1) is 8.22. The summed E-state index contributed by atoms with van der Waals surface area (Å²) in [6.07, 6.45) is 0.710. The van der Waals surface area contributed by atoms with Gasteiger partial charge in [-0.2, -0.15) is 0 Å². The van der Waals surface area contributed by atoms with Crippen LogP contribution < -0.4 is 5.32 Å². The molecule has 1 aliphatic rings. The summed E-state index contributed by atoms with van der Waals surface area (Å²) in [5.41, 5.74) is 0.239. The average molecular weight is 240 g/mol. The fraction of sp³-hybridized carbons (Fsp3) is 0.417. The zero-order valence-corrected chi connectivity index (χ0v) is 9.33. The summed E-state index contributed by atoms with van der Waals surface area (Å²) >= 11 is 0. The highest BCUT2D eigenvalue weighted by Crippen LogP contribution is 2.22. The first-order valence-corrected chi connectivity index (χ1v) is 5.57. The van der Waals surface area contributed by atoms with E-state index in [1.807, 2.05) is 4.90 Å². The van der Waals surface area contributed by atoms with Gasteiger partial charge in [0.05, 0.1) is 6.04 Å². The molecule has 3 nitrogen and oxygen atoms in total. The van der Waals surface area contributed by atoms with E-state index < -0.39 is 17.7 Å². The third-order valence-electron chi connectivity index (χ3n) is 2.96. The van der Waals surface area contributed by atoms with Gasteiger partial charge in [0.1, 0.15) is 17.9 Å². The fourth-order valence-electron chi connectivity index (χ4n) is 2.06. The van der Waals surface area contributed by atoms with Crippen molar-refractivity contribution in [2.24, 2.45) is 0 Å². The number of nitrogens with zero attached hydrogens (tertiary/aromatic N) is 1. The molecule has 0 saturated carbocycles. The number of carbonyl (C=O) groups is 1. The number of hydrogen-bond acceptors (Lipinski definition) is 3. The molecule has 1 fully saturated rings. The molecule has 1 aliphatic heterocycles. The van der Waals surface area contributed by atoms with E-state index in [4.69, 9.17) is 0 Å². The van der Waals surface area contributed by atoms with Crippen molar-refractivity contribution in [2.75, 3.05) is 26.2 Å². The van der Waals surface area contributed by atoms with Crippen LogP contribution in [-0.2, 0) is 4.79 Å². The molecule has 0 aromatic heterocycles. The lowest BCUT2D eigenvalue weighted by Gasteiger charge is -2.32. The van der Waals surface area contributed by atoms with Crippen molar-refractivity contribution in [3.63, 3.8) is 0 Å². The zero-order chi connectivity index (χ0) is 12.3. The van der Waals surface area contributed by atoms with E-state index in [-0.39, 0.29) is 5.56 Å². The highest BCUT2D eigenvalue weighted by atomic mass is 19.1. The molecule has 92 valence electrons. The molecule has 0 bridgehead atoms. The molecule has 1 unspecified atom stereocenters. The Balaban J connectivity index is 2.24. The zero-order valence-electron chi connectivity index (χ0n) is 9.33. The molecular weight excluding hydrogens is 226 g/mol. The number of piperazine rings is 1. The van der Waals surface area contributed by atoms with E-state index >= 15 is 0 Å². The summed E-state index contributed by atoms with van der Waals surface area (Å²) in [7, 11) is 0. The third-order valence-corrected chi connectivity index (χ3v) is 2.96. The summed E-state index contributed by atoms with van der Waals surface area (Å²) in [5.74, 6) is -1.29. The molecule has 5 heteroatoms. The number of benzene rings is 1. The molecule has 2 rings (SSSR count). The Kier molecular flexibility index (Phi) is 3.81. The summed E-state index contributed by atoms with van der Waals surface area (Å²) in [6, 6.07) is 2.70. The molecule has 1 heterocycles. The molecule has 1 aromatic rings. The van der Waals surface area contributed by atoms with E-state index in [1.165, 1.54) is 12.1 Å². The lowest BCUT2D eigenvalue weighted by atomic mass is 10.0. The van der Waals surface area contributed by atoms with Crippen LogP contribution in [0.25, 0.3) is 0 Å². The number of carbonyl (C=O) groups excluding carboxylic acids is 1. The van der Waals surface area contributed by atoms with Gasteiger partial charge >= 0.3 is 0 Å². The minimum Gasteiger partial charge on any atom is -0.314 e. The number of rotatable bonds is 3. The van der Waals surface area contributed by atoms with Gasteiger partial charge in [-0.05, 0) is 6.07 Å². The second kappa shape index (κ2) is 5.33. The molecule has 0 spiro atoms. The Hall–Kier alpha value is -1.33. The van der Waals surface area contributed by atoms with Gasteiger partial charge in [0.15, 0.2) is 0 Å². The molecule has 0 amide bonds. The molecule has 17 heavy (non-hydrogen) atoms. The second-order valence-corrected chi connectivity index (χ2v) is 4.03. The molecular formula is C12H14F2N2O. The minimum absolute atomic E-state index is 0.239. The summed E-state index contributed by atoms with van der Waals surface area (Å²) in [4.78, 5) is 13.0. The van der Waals surface area contributed by atoms with E-state index in [0.717, 1.165) is 19.2 Å². The fourth-order valence-corrected chi connectivity index (χ4v) is 2.06. The second-order valence-electron chi connectivity index (χ2n) is 4.03. The van der Waals surface area contributed by atoms with Crippen LogP contribution >= 0.6 is 0 Å². The van der Waals surface area contributed by atoms with Crippen molar-refractivity contribution in [1.82, 2.24) is 10.2 Å². The summed E-state index contributed by atoms with van der Waals surface area (Å²) in [6.45, 7) is 2.90. The highest BCUT2D eigenvalue weighted by Gasteiger charge is 2.24. The van der Waals surface area contributed by atoms with Gasteiger partial charge in [-0.1, -0.05) is 6.07 Å². The first kappa shape index (κ1) is 12.1. The molecule has 1 saturated heterocycles. The Labute approximate surface area is 98.4 Å². The molecule has 1 atom stereocenters. The van der Waals surface area contributed by atoms with Gasteiger partial charge in [0.25, 0.3) is 0 Å². The van der Waals surface area contributed by atoms with E-state index in [0.29, 0.717) is 19.4 Å². The standard InChI is InChI=1S/C12H14F2N2O/c13-9-1-2-10(11(14)7-9)12(8-17)16-5-3-15-4-6-16/h1-2,7-8,12,15H,3-6H2. The van der Waals surface area contributed by atoms with Crippen LogP contribution in [0, 0.1) is 11.6 Å². The van der Waals surface area contributed by atoms with Crippen molar-refractivity contribution >= 4 is 6.29 Å². The van der Waals surface area contributed by atoms with Gasteiger partial charge in [-0.3, -0.25) is 4.90 Å². The van der Waals surface area contributed by atoms with Crippen LogP contribution in [0.3, 0.4) is 0 Å². The Bertz CT molecular complexity index is 405. The van der Waals surface area contributed by atoms with Gasteiger partial charge < -0.3 is 10.1 Å². The third kappa shape index (κ3) is 2.68. The van der Waals surface area contributed by atoms with Crippen molar-refractivity contribution in [3.8, 4) is 0 Å². The molecule has 1 aromatic carbocycles. The maximum Gasteiger partial charge on any atom is 0.141 e. The summed E-state index contributed by atoms with van der Waals surface area (Å²) in [5, 5.41) is 3.16. The summed E-state index contributed by atoms with van der Waals surface area (Å²) < 4.78 is 26.4. The average Bonchev–Trinajstić information content (AvgIpc) is 2.34. The monoisotopic (exact) mass is 240 g/mol. The number of hydrogen-bond donors (Lipinski definition) is 1. The minimum atomic E-state index is -0.666. The van der Waals surface area contributed by atoms with Gasteiger partial charge in [-0.15, -0.1) is 0 Å². The maximum atomic E-state index is 13.6. The number of aldehydes is 1. The lowest BCUT2D eigenvalue weighted by molar-refractivity contribution is -0.113. The van der Waals surface area contributed by atoms with Crippen molar-refractivity contribution in [2.45, 2.75) is 6.04 Å². The predicted molar refractivity (Wildman–Crippen MR) is 59.6 cm³/mol. The maximum absolute atomic E-state index is 13.6. The van der Waals surface area contributed by atoms with E-state index in [1.54, 1.807) is 0 Å². The molecule has 1 N–H and O–H groups in total. The van der Waals surface area contributed by atoms with Crippen molar-refractivity contribution in [3.05, 3.63) is 35.4 Å². The van der Waals surface area contributed by atoms with Crippen LogP contribution in [-0.4, -0.2) is 37.4 Å². The molecule has 0 aliphatic carbocycles. The molecule has 0 radical (unpaired) electrons. The van der Waals surface area contributed by atoms with Crippen LogP contribution in [0.5, 0.6) is 0 Å².